The van der Waals surface area contributed by atoms with Crippen molar-refractivity contribution in [2.75, 3.05) is 35.8 Å². The normalized spacial score (nSPS) is 12.9. The highest BCUT2D eigenvalue weighted by atomic mass is 16.3. The summed E-state index contributed by atoms with van der Waals surface area (Å²) in [6.07, 6.45) is 2.95. The molecule has 0 saturated heterocycles. The Morgan fingerprint density at radius 1 is 1.13 bits per heavy atom. The van der Waals surface area contributed by atoms with Gasteiger partial charge in [-0.25, -0.2) is 0 Å². The van der Waals surface area contributed by atoms with Gasteiger partial charge in [-0.05, 0) is 54.3 Å². The van der Waals surface area contributed by atoms with Crippen LogP contribution in [0.4, 0.5) is 23.0 Å². The molecule has 5 rings (SSSR count). The molecular weight excluding hydrogens is 496 g/mol. The van der Waals surface area contributed by atoms with Gasteiger partial charge in [-0.2, -0.15) is 4.98 Å². The van der Waals surface area contributed by atoms with E-state index in [1.54, 1.807) is 24.2 Å². The molecule has 4 aromatic rings. The van der Waals surface area contributed by atoms with E-state index >= 15 is 0 Å². The number of aliphatic hydroxyl groups is 1. The number of aryl methyl sites for hydroxylation is 2. The summed E-state index contributed by atoms with van der Waals surface area (Å²) in [4.78, 5) is 37.2. The number of carbonyl (C=O) groups is 1. The minimum Gasteiger partial charge on any atom is -0.492 e. The van der Waals surface area contributed by atoms with E-state index in [-0.39, 0.29) is 35.6 Å². The largest absolute Gasteiger partial charge is 0.492 e. The van der Waals surface area contributed by atoms with Crippen molar-refractivity contribution in [1.82, 2.24) is 14.5 Å². The number of aromatic amines is 1. The van der Waals surface area contributed by atoms with Gasteiger partial charge in [0.25, 0.3) is 11.5 Å². The van der Waals surface area contributed by atoms with Crippen molar-refractivity contribution in [2.24, 2.45) is 7.05 Å². The first kappa shape index (κ1) is 26.1. The molecule has 0 spiro atoms. The molecule has 202 valence electrons. The number of benzene rings is 2. The van der Waals surface area contributed by atoms with E-state index in [1.165, 1.54) is 4.57 Å². The van der Waals surface area contributed by atoms with Gasteiger partial charge in [-0.3, -0.25) is 9.59 Å². The van der Waals surface area contributed by atoms with Crippen molar-refractivity contribution < 1.29 is 15.0 Å². The molecule has 3 heterocycles. The Kier molecular flexibility index (Phi) is 6.88. The van der Waals surface area contributed by atoms with Crippen LogP contribution in [0.25, 0.3) is 11.1 Å². The molecule has 39 heavy (non-hydrogen) atoms. The third kappa shape index (κ3) is 4.74. The fourth-order valence-electron chi connectivity index (χ4n) is 5.03. The number of pyridine rings is 1. The third-order valence-corrected chi connectivity index (χ3v) is 7.14. The lowest BCUT2D eigenvalue weighted by Crippen LogP contribution is -2.38. The van der Waals surface area contributed by atoms with Crippen LogP contribution in [0, 0.1) is 0 Å². The smallest absolute Gasteiger partial charge is 0.274 e. The molecule has 1 aliphatic rings. The number of nitrogens with zero attached hydrogens (tertiary/aromatic N) is 4. The zero-order chi connectivity index (χ0) is 27.8. The summed E-state index contributed by atoms with van der Waals surface area (Å²) in [7, 11) is 5.58. The lowest BCUT2D eigenvalue weighted by Gasteiger charge is -2.31. The zero-order valence-electron chi connectivity index (χ0n) is 22.4. The average Bonchev–Trinajstić information content (AvgIpc) is 3.29. The van der Waals surface area contributed by atoms with Crippen LogP contribution in [-0.4, -0.2) is 51.3 Å². The third-order valence-electron chi connectivity index (χ3n) is 7.14. The number of aromatic hydroxyl groups is 1. The van der Waals surface area contributed by atoms with E-state index in [2.05, 4.69) is 21.4 Å². The number of anilines is 4. The van der Waals surface area contributed by atoms with Crippen LogP contribution in [0.2, 0.25) is 0 Å². The Morgan fingerprint density at radius 3 is 2.62 bits per heavy atom. The van der Waals surface area contributed by atoms with Gasteiger partial charge in [0, 0.05) is 56.3 Å². The summed E-state index contributed by atoms with van der Waals surface area (Å²) in [5, 5.41) is 23.4. The van der Waals surface area contributed by atoms with Crippen molar-refractivity contribution in [1.29, 1.82) is 0 Å². The molecule has 2 aromatic heterocycles. The van der Waals surface area contributed by atoms with Crippen LogP contribution >= 0.6 is 0 Å². The standard InChI is InChI=1S/C29H32N6O4/c1-5-23-26(37)32-29(30-23)31-24-14-18(15-34(4)28(24)39)20-7-6-8-25(22(20)16-36)35-12-11-17-13-19(33(2)3)9-10-21(17)27(35)38/h6-10,13-15,36-37H,5,11-12,16H2,1-4H3,(H2,30,31,32). The number of aromatic nitrogens is 3. The first-order valence-corrected chi connectivity index (χ1v) is 12.8. The number of fused-ring (bicyclic) bond motifs is 1. The highest BCUT2D eigenvalue weighted by Crippen LogP contribution is 2.35. The van der Waals surface area contributed by atoms with Crippen LogP contribution in [0.15, 0.2) is 53.5 Å². The molecule has 1 aliphatic heterocycles. The topological polar surface area (TPSA) is 127 Å². The lowest BCUT2D eigenvalue weighted by molar-refractivity contribution is 0.0980. The predicted octanol–water partition coefficient (Wildman–Crippen LogP) is 3.55. The molecule has 10 heteroatoms. The fraction of sp³-hybridized carbons (Fsp3) is 0.276. The molecular formula is C29H32N6O4. The molecule has 0 bridgehead atoms. The zero-order valence-corrected chi connectivity index (χ0v) is 22.4. The summed E-state index contributed by atoms with van der Waals surface area (Å²) in [5.74, 6) is 0.0271. The minimum atomic E-state index is -0.292. The summed E-state index contributed by atoms with van der Waals surface area (Å²) >= 11 is 0. The summed E-state index contributed by atoms with van der Waals surface area (Å²) in [6, 6.07) is 13.1. The van der Waals surface area contributed by atoms with Gasteiger partial charge >= 0.3 is 0 Å². The molecule has 1 amide bonds. The Labute approximate surface area is 226 Å². The number of imidazole rings is 1. The van der Waals surface area contributed by atoms with Crippen molar-refractivity contribution in [3.63, 3.8) is 0 Å². The molecule has 0 radical (unpaired) electrons. The Balaban J connectivity index is 1.53. The highest BCUT2D eigenvalue weighted by Gasteiger charge is 2.28. The average molecular weight is 529 g/mol. The van der Waals surface area contributed by atoms with Crippen molar-refractivity contribution >= 4 is 28.9 Å². The van der Waals surface area contributed by atoms with Crippen LogP contribution in [0.1, 0.15) is 34.1 Å². The first-order valence-electron chi connectivity index (χ1n) is 12.8. The van der Waals surface area contributed by atoms with Crippen molar-refractivity contribution in [3.05, 3.63) is 81.4 Å². The van der Waals surface area contributed by atoms with Gasteiger partial charge < -0.3 is 34.9 Å². The van der Waals surface area contributed by atoms with Crippen LogP contribution < -0.4 is 20.7 Å². The Morgan fingerprint density at radius 2 is 1.92 bits per heavy atom. The maximum atomic E-state index is 13.6. The van der Waals surface area contributed by atoms with E-state index in [9.17, 15) is 19.8 Å². The molecule has 0 fully saturated rings. The van der Waals surface area contributed by atoms with Crippen LogP contribution in [0.3, 0.4) is 0 Å². The second-order valence-corrected chi connectivity index (χ2v) is 9.83. The second kappa shape index (κ2) is 10.3. The Hall–Kier alpha value is -4.57. The molecule has 0 saturated carbocycles. The summed E-state index contributed by atoms with van der Waals surface area (Å²) in [5.41, 5.74) is 5.84. The number of hydrogen-bond acceptors (Lipinski definition) is 7. The van der Waals surface area contributed by atoms with Crippen molar-refractivity contribution in [2.45, 2.75) is 26.4 Å². The van der Waals surface area contributed by atoms with Gasteiger partial charge in [0.15, 0.2) is 0 Å². The van der Waals surface area contributed by atoms with Gasteiger partial charge in [0.1, 0.15) is 5.69 Å². The minimum absolute atomic E-state index is 0.111. The first-order chi connectivity index (χ1) is 18.7. The quantitative estimate of drug-likeness (QED) is 0.289. The number of aliphatic hydroxyl groups excluding tert-OH is 1. The van der Waals surface area contributed by atoms with Crippen LogP contribution in [0.5, 0.6) is 5.88 Å². The number of nitrogens with one attached hydrogen (secondary N) is 2. The van der Waals surface area contributed by atoms with E-state index in [0.717, 1.165) is 11.3 Å². The van der Waals surface area contributed by atoms with Gasteiger partial charge in [0.05, 0.1) is 18.0 Å². The Bertz CT molecular complexity index is 1620. The SMILES string of the molecule is CCc1[nH]c(Nc2cc(-c3cccc(N4CCc5cc(N(C)C)ccc5C4=O)c3CO)cn(C)c2=O)nc1O. The predicted molar refractivity (Wildman–Crippen MR) is 152 cm³/mol. The number of carbonyl (C=O) groups excluding carboxylic acids is 1. The van der Waals surface area contributed by atoms with Gasteiger partial charge in [-0.1, -0.05) is 19.1 Å². The highest BCUT2D eigenvalue weighted by molar-refractivity contribution is 6.09. The monoisotopic (exact) mass is 528 g/mol. The fourth-order valence-corrected chi connectivity index (χ4v) is 5.03. The van der Waals surface area contributed by atoms with Crippen molar-refractivity contribution in [3.8, 4) is 17.0 Å². The maximum absolute atomic E-state index is 13.6. The second-order valence-electron chi connectivity index (χ2n) is 9.83. The molecule has 0 aliphatic carbocycles. The van der Waals surface area contributed by atoms with Gasteiger partial charge in [-0.15, -0.1) is 0 Å². The number of hydrogen-bond donors (Lipinski definition) is 4. The van der Waals surface area contributed by atoms with E-state index in [1.807, 2.05) is 56.3 Å². The number of H-pyrrole nitrogens is 1. The molecule has 0 atom stereocenters. The summed E-state index contributed by atoms with van der Waals surface area (Å²) < 4.78 is 1.44. The molecule has 4 N–H and O–H groups in total. The molecule has 10 nitrogen and oxygen atoms in total. The van der Waals surface area contributed by atoms with Gasteiger partial charge in [0.2, 0.25) is 11.8 Å². The van der Waals surface area contributed by atoms with E-state index in [0.29, 0.717) is 53.0 Å². The molecule has 0 unspecified atom stereocenters. The molecule has 2 aromatic carbocycles. The maximum Gasteiger partial charge on any atom is 0.274 e. The summed E-state index contributed by atoms with van der Waals surface area (Å²) in [6.45, 7) is 2.08. The van der Waals surface area contributed by atoms with Crippen LogP contribution in [-0.2, 0) is 26.5 Å². The van der Waals surface area contributed by atoms with E-state index in [4.69, 9.17) is 0 Å². The van der Waals surface area contributed by atoms with E-state index < -0.39 is 0 Å². The lowest BCUT2D eigenvalue weighted by atomic mass is 9.94. The number of rotatable bonds is 7. The number of amides is 1.